The van der Waals surface area contributed by atoms with E-state index in [9.17, 15) is 9.59 Å². The van der Waals surface area contributed by atoms with Gasteiger partial charge in [0, 0.05) is 5.41 Å². The van der Waals surface area contributed by atoms with Crippen LogP contribution in [0.25, 0.3) is 0 Å². The second-order valence-corrected chi connectivity index (χ2v) is 7.13. The second kappa shape index (κ2) is 6.92. The monoisotopic (exact) mass is 271 g/mol. The summed E-state index contributed by atoms with van der Waals surface area (Å²) in [5, 5.41) is 11.8. The van der Waals surface area contributed by atoms with Crippen molar-refractivity contribution in [2.45, 2.75) is 73.3 Å². The lowest BCUT2D eigenvalue weighted by Crippen LogP contribution is -2.47. The molecule has 0 bridgehead atoms. The van der Waals surface area contributed by atoms with Crippen LogP contribution >= 0.6 is 0 Å². The molecule has 0 spiro atoms. The number of aliphatic carboxylic acids is 1. The lowest BCUT2D eigenvalue weighted by Gasteiger charge is -2.32. The topological polar surface area (TPSA) is 66.4 Å². The van der Waals surface area contributed by atoms with E-state index in [0.29, 0.717) is 12.8 Å². The van der Waals surface area contributed by atoms with Gasteiger partial charge in [0.1, 0.15) is 6.04 Å². The number of hydrogen-bond acceptors (Lipinski definition) is 2. The van der Waals surface area contributed by atoms with E-state index in [-0.39, 0.29) is 11.3 Å². The number of carboxylic acid groups (broad SMARTS) is 1. The molecule has 0 saturated carbocycles. The molecule has 0 aliphatic heterocycles. The zero-order valence-corrected chi connectivity index (χ0v) is 13.2. The molecule has 1 atom stereocenters. The Morgan fingerprint density at radius 3 is 2.05 bits per heavy atom. The highest BCUT2D eigenvalue weighted by Crippen LogP contribution is 2.33. The predicted molar refractivity (Wildman–Crippen MR) is 76.9 cm³/mol. The first-order chi connectivity index (χ1) is 8.49. The van der Waals surface area contributed by atoms with E-state index in [1.807, 2.05) is 20.8 Å². The molecule has 0 aromatic carbocycles. The van der Waals surface area contributed by atoms with Crippen LogP contribution in [-0.4, -0.2) is 23.0 Å². The minimum atomic E-state index is -0.951. The number of nitrogens with one attached hydrogen (secondary N) is 1. The van der Waals surface area contributed by atoms with Crippen molar-refractivity contribution in [2.75, 3.05) is 0 Å². The Labute approximate surface area is 117 Å². The Kier molecular flexibility index (Phi) is 6.53. The molecule has 0 aromatic rings. The highest BCUT2D eigenvalue weighted by molar-refractivity contribution is 5.86. The van der Waals surface area contributed by atoms with Crippen LogP contribution in [0, 0.1) is 10.8 Å². The van der Waals surface area contributed by atoms with Gasteiger partial charge in [0.25, 0.3) is 0 Å². The summed E-state index contributed by atoms with van der Waals surface area (Å²) in [6.07, 6.45) is 2.93. The summed E-state index contributed by atoms with van der Waals surface area (Å²) in [4.78, 5) is 23.4. The standard InChI is InChI=1S/C15H29NO3/c1-7-8-9-11(12(17)18)16-13(19)15(5,6)10-14(2,3)4/h11H,7-10H2,1-6H3,(H,16,19)(H,17,18). The first-order valence-corrected chi connectivity index (χ1v) is 7.03. The summed E-state index contributed by atoms with van der Waals surface area (Å²) in [6, 6.07) is -0.772. The molecule has 0 radical (unpaired) electrons. The molecule has 2 N–H and O–H groups in total. The maximum Gasteiger partial charge on any atom is 0.326 e. The number of unbranched alkanes of at least 4 members (excludes halogenated alkanes) is 1. The Bertz CT molecular complexity index is 316. The van der Waals surface area contributed by atoms with E-state index in [2.05, 4.69) is 26.1 Å². The molecule has 0 aromatic heterocycles. The third kappa shape index (κ3) is 7.19. The Morgan fingerprint density at radius 2 is 1.68 bits per heavy atom. The fourth-order valence-corrected chi connectivity index (χ4v) is 2.43. The third-order valence-electron chi connectivity index (χ3n) is 3.04. The van der Waals surface area contributed by atoms with Gasteiger partial charge in [-0.15, -0.1) is 0 Å². The number of rotatable bonds is 7. The Hall–Kier alpha value is -1.06. The first kappa shape index (κ1) is 17.9. The Morgan fingerprint density at radius 1 is 1.16 bits per heavy atom. The highest BCUT2D eigenvalue weighted by Gasteiger charge is 2.34. The van der Waals surface area contributed by atoms with Crippen molar-refractivity contribution in [1.29, 1.82) is 0 Å². The van der Waals surface area contributed by atoms with Crippen LogP contribution in [0.1, 0.15) is 67.2 Å². The third-order valence-corrected chi connectivity index (χ3v) is 3.04. The normalized spacial score (nSPS) is 14.0. The zero-order chi connectivity index (χ0) is 15.3. The van der Waals surface area contributed by atoms with E-state index >= 15 is 0 Å². The lowest BCUT2D eigenvalue weighted by atomic mass is 9.75. The summed E-state index contributed by atoms with van der Waals surface area (Å²) >= 11 is 0. The van der Waals surface area contributed by atoms with Crippen molar-refractivity contribution in [3.05, 3.63) is 0 Å². The highest BCUT2D eigenvalue weighted by atomic mass is 16.4. The molecule has 0 rings (SSSR count). The van der Waals surface area contributed by atoms with Gasteiger partial charge >= 0.3 is 5.97 Å². The summed E-state index contributed by atoms with van der Waals surface area (Å²) in [6.45, 7) is 12.0. The average molecular weight is 271 g/mol. The van der Waals surface area contributed by atoms with Crippen molar-refractivity contribution >= 4 is 11.9 Å². The number of hydrogen-bond donors (Lipinski definition) is 2. The summed E-state index contributed by atoms with van der Waals surface area (Å²) in [5.41, 5.74) is -0.527. The van der Waals surface area contributed by atoms with Crippen LogP contribution in [0.3, 0.4) is 0 Å². The lowest BCUT2D eigenvalue weighted by molar-refractivity contribution is -0.144. The van der Waals surface area contributed by atoms with Crippen molar-refractivity contribution in [2.24, 2.45) is 10.8 Å². The van der Waals surface area contributed by atoms with Crippen LogP contribution in [0.2, 0.25) is 0 Å². The summed E-state index contributed by atoms with van der Waals surface area (Å²) in [7, 11) is 0. The van der Waals surface area contributed by atoms with E-state index in [1.54, 1.807) is 0 Å². The first-order valence-electron chi connectivity index (χ1n) is 7.03. The van der Waals surface area contributed by atoms with Gasteiger partial charge < -0.3 is 10.4 Å². The molecule has 1 unspecified atom stereocenters. The molecule has 19 heavy (non-hydrogen) atoms. The average Bonchev–Trinajstić information content (AvgIpc) is 2.19. The molecule has 0 saturated heterocycles. The second-order valence-electron chi connectivity index (χ2n) is 7.13. The smallest absolute Gasteiger partial charge is 0.326 e. The molecule has 0 aliphatic carbocycles. The van der Waals surface area contributed by atoms with Crippen molar-refractivity contribution in [1.82, 2.24) is 5.32 Å². The molecule has 0 heterocycles. The zero-order valence-electron chi connectivity index (χ0n) is 13.2. The van der Waals surface area contributed by atoms with Gasteiger partial charge in [0.05, 0.1) is 0 Å². The van der Waals surface area contributed by atoms with E-state index in [4.69, 9.17) is 5.11 Å². The van der Waals surface area contributed by atoms with Gasteiger partial charge in [0.15, 0.2) is 0 Å². The molecule has 0 aliphatic rings. The van der Waals surface area contributed by atoms with E-state index in [1.165, 1.54) is 0 Å². The molecule has 0 fully saturated rings. The van der Waals surface area contributed by atoms with Gasteiger partial charge in [-0.1, -0.05) is 54.4 Å². The predicted octanol–water partition coefficient (Wildman–Crippen LogP) is 3.21. The summed E-state index contributed by atoms with van der Waals surface area (Å²) < 4.78 is 0. The van der Waals surface area contributed by atoms with Gasteiger partial charge in [0.2, 0.25) is 5.91 Å². The van der Waals surface area contributed by atoms with Crippen LogP contribution in [0.4, 0.5) is 0 Å². The maximum atomic E-state index is 12.2. The van der Waals surface area contributed by atoms with Gasteiger partial charge in [-0.3, -0.25) is 4.79 Å². The number of carbonyl (C=O) groups excluding carboxylic acids is 1. The molecule has 4 heteroatoms. The quantitative estimate of drug-likeness (QED) is 0.747. The van der Waals surface area contributed by atoms with Crippen molar-refractivity contribution in [3.8, 4) is 0 Å². The van der Waals surface area contributed by atoms with Crippen LogP contribution in [0.15, 0.2) is 0 Å². The Balaban J connectivity index is 4.66. The van der Waals surface area contributed by atoms with E-state index < -0.39 is 17.4 Å². The molecule has 4 nitrogen and oxygen atoms in total. The molecular weight excluding hydrogens is 242 g/mol. The number of carboxylic acids is 1. The van der Waals surface area contributed by atoms with Crippen LogP contribution in [0.5, 0.6) is 0 Å². The fourth-order valence-electron chi connectivity index (χ4n) is 2.43. The minimum Gasteiger partial charge on any atom is -0.480 e. The maximum absolute atomic E-state index is 12.2. The SMILES string of the molecule is CCCCC(NC(=O)C(C)(C)CC(C)(C)C)C(=O)O. The van der Waals surface area contributed by atoms with Crippen molar-refractivity contribution < 1.29 is 14.7 Å². The number of amides is 1. The molecule has 112 valence electrons. The minimum absolute atomic E-state index is 0.0307. The van der Waals surface area contributed by atoms with Crippen LogP contribution < -0.4 is 5.32 Å². The van der Waals surface area contributed by atoms with Gasteiger partial charge in [-0.2, -0.15) is 0 Å². The van der Waals surface area contributed by atoms with Crippen molar-refractivity contribution in [3.63, 3.8) is 0 Å². The summed E-state index contributed by atoms with van der Waals surface area (Å²) in [5.74, 6) is -1.13. The van der Waals surface area contributed by atoms with Gasteiger partial charge in [-0.25, -0.2) is 4.79 Å². The van der Waals surface area contributed by atoms with E-state index in [0.717, 1.165) is 12.8 Å². The molecule has 1 amide bonds. The number of carbonyl (C=O) groups is 2. The van der Waals surface area contributed by atoms with Crippen LogP contribution in [-0.2, 0) is 9.59 Å². The molecular formula is C15H29NO3. The fraction of sp³-hybridized carbons (Fsp3) is 0.867. The largest absolute Gasteiger partial charge is 0.480 e. The van der Waals surface area contributed by atoms with Gasteiger partial charge in [-0.05, 0) is 18.3 Å².